The van der Waals surface area contributed by atoms with Gasteiger partial charge in [-0.3, -0.25) is 4.79 Å². The van der Waals surface area contributed by atoms with Crippen LogP contribution in [0.25, 0.3) is 11.1 Å². The van der Waals surface area contributed by atoms with Crippen LogP contribution in [0.5, 0.6) is 0 Å². The van der Waals surface area contributed by atoms with Crippen molar-refractivity contribution < 1.29 is 4.79 Å². The molecule has 0 spiro atoms. The highest BCUT2D eigenvalue weighted by Crippen LogP contribution is 2.26. The third kappa shape index (κ3) is 4.50. The normalized spacial score (nSPS) is 16.8. The number of carbonyl (C=O) groups is 1. The molecule has 2 aromatic rings. The summed E-state index contributed by atoms with van der Waals surface area (Å²) in [6.07, 6.45) is 6.57. The number of rotatable bonds is 4. The van der Waals surface area contributed by atoms with Crippen molar-refractivity contribution in [3.05, 3.63) is 76.4 Å². The quantitative estimate of drug-likeness (QED) is 0.733. The van der Waals surface area contributed by atoms with Crippen LogP contribution < -0.4 is 16.0 Å². The minimum absolute atomic E-state index is 0.0594. The summed E-state index contributed by atoms with van der Waals surface area (Å²) in [4.78, 5) is 12.8. The van der Waals surface area contributed by atoms with E-state index >= 15 is 0 Å². The summed E-state index contributed by atoms with van der Waals surface area (Å²) >= 11 is 0. The molecule has 0 aromatic heterocycles. The number of benzene rings is 2. The lowest BCUT2D eigenvalue weighted by Crippen LogP contribution is -2.20. The summed E-state index contributed by atoms with van der Waals surface area (Å²) in [6.45, 7) is 8.01. The zero-order valence-electron chi connectivity index (χ0n) is 17.3. The lowest BCUT2D eigenvalue weighted by Gasteiger charge is -2.17. The van der Waals surface area contributed by atoms with Crippen molar-refractivity contribution in [3.8, 4) is 0 Å². The van der Waals surface area contributed by atoms with E-state index in [1.165, 1.54) is 22.3 Å². The first kappa shape index (κ1) is 19.6. The van der Waals surface area contributed by atoms with Crippen molar-refractivity contribution in [1.29, 1.82) is 0 Å². The Bertz CT molecular complexity index is 988. The lowest BCUT2D eigenvalue weighted by atomic mass is 9.94. The summed E-state index contributed by atoms with van der Waals surface area (Å²) in [5.74, 6) is -0.0594. The second-order valence-electron chi connectivity index (χ2n) is 7.88. The maximum atomic E-state index is 12.8. The number of amides is 1. The van der Waals surface area contributed by atoms with Crippen molar-refractivity contribution in [3.63, 3.8) is 0 Å². The fourth-order valence-corrected chi connectivity index (χ4v) is 4.12. The van der Waals surface area contributed by atoms with Crippen molar-refractivity contribution in [2.75, 3.05) is 31.5 Å². The van der Waals surface area contributed by atoms with E-state index < -0.39 is 0 Å². The van der Waals surface area contributed by atoms with E-state index in [2.05, 4.69) is 60.1 Å². The van der Waals surface area contributed by atoms with Crippen LogP contribution in [0.15, 0.2) is 48.6 Å². The van der Waals surface area contributed by atoms with Gasteiger partial charge in [-0.1, -0.05) is 24.3 Å². The number of anilines is 1. The van der Waals surface area contributed by atoms with Gasteiger partial charge in [0.05, 0.1) is 0 Å². The van der Waals surface area contributed by atoms with Gasteiger partial charge in [0, 0.05) is 24.3 Å². The van der Waals surface area contributed by atoms with Gasteiger partial charge in [0.1, 0.15) is 0 Å². The van der Waals surface area contributed by atoms with Crippen LogP contribution in [0.1, 0.15) is 45.5 Å². The summed E-state index contributed by atoms with van der Waals surface area (Å²) in [7, 11) is 0. The Hall–Kier alpha value is -2.69. The predicted molar refractivity (Wildman–Crippen MR) is 121 cm³/mol. The number of nitrogens with one attached hydrogen (secondary N) is 3. The first-order chi connectivity index (χ1) is 14.1. The molecule has 0 radical (unpaired) electrons. The van der Waals surface area contributed by atoms with Crippen molar-refractivity contribution >= 4 is 22.7 Å². The van der Waals surface area contributed by atoms with E-state index in [1.807, 2.05) is 18.2 Å². The van der Waals surface area contributed by atoms with Gasteiger partial charge in [-0.2, -0.15) is 0 Å². The van der Waals surface area contributed by atoms with E-state index in [9.17, 15) is 4.79 Å². The minimum Gasteiger partial charge on any atom is -0.322 e. The van der Waals surface area contributed by atoms with Crippen LogP contribution in [0.4, 0.5) is 5.69 Å². The highest BCUT2D eigenvalue weighted by molar-refractivity contribution is 6.05. The fraction of sp³-hybridized carbons (Fsp3) is 0.320. The smallest absolute Gasteiger partial charge is 0.255 e. The van der Waals surface area contributed by atoms with Gasteiger partial charge < -0.3 is 16.0 Å². The van der Waals surface area contributed by atoms with E-state index in [-0.39, 0.29) is 5.91 Å². The molecule has 0 fully saturated rings. The van der Waals surface area contributed by atoms with Crippen LogP contribution >= 0.6 is 0 Å². The first-order valence-electron chi connectivity index (χ1n) is 10.4. The van der Waals surface area contributed by atoms with E-state index in [1.54, 1.807) is 0 Å². The SMILES string of the molecule is Cc1cc(C2=CCNCC2)ccc1NC(=O)c1ccc(C2=CCNCC2)c(C)c1. The van der Waals surface area contributed by atoms with Crippen LogP contribution in [0.2, 0.25) is 0 Å². The number of hydrogen-bond donors (Lipinski definition) is 3. The van der Waals surface area contributed by atoms with Gasteiger partial charge in [0.25, 0.3) is 5.91 Å². The van der Waals surface area contributed by atoms with Gasteiger partial charge in [0.15, 0.2) is 0 Å². The van der Waals surface area contributed by atoms with Gasteiger partial charge in [-0.05, 0) is 97.4 Å². The third-order valence-electron chi connectivity index (χ3n) is 5.81. The molecule has 4 rings (SSSR count). The summed E-state index contributed by atoms with van der Waals surface area (Å²) in [5.41, 5.74) is 9.05. The molecular formula is C25H29N3O. The topological polar surface area (TPSA) is 53.2 Å². The molecule has 4 nitrogen and oxygen atoms in total. The Morgan fingerprint density at radius 3 is 2.21 bits per heavy atom. The summed E-state index contributed by atoms with van der Waals surface area (Å²) in [5, 5.41) is 9.78. The highest BCUT2D eigenvalue weighted by atomic mass is 16.1. The second-order valence-corrected chi connectivity index (χ2v) is 7.88. The van der Waals surface area contributed by atoms with Gasteiger partial charge in [-0.25, -0.2) is 0 Å². The van der Waals surface area contributed by atoms with Crippen LogP contribution in [0, 0.1) is 13.8 Å². The molecule has 3 N–H and O–H groups in total. The fourth-order valence-electron chi connectivity index (χ4n) is 4.12. The summed E-state index contributed by atoms with van der Waals surface area (Å²) in [6, 6.07) is 12.3. The zero-order chi connectivity index (χ0) is 20.2. The molecule has 2 heterocycles. The van der Waals surface area contributed by atoms with Crippen LogP contribution in [-0.2, 0) is 0 Å². The lowest BCUT2D eigenvalue weighted by molar-refractivity contribution is 0.102. The highest BCUT2D eigenvalue weighted by Gasteiger charge is 2.13. The molecular weight excluding hydrogens is 358 g/mol. The molecule has 2 aromatic carbocycles. The van der Waals surface area contributed by atoms with Gasteiger partial charge in [-0.15, -0.1) is 0 Å². The van der Waals surface area contributed by atoms with Gasteiger partial charge >= 0.3 is 0 Å². The predicted octanol–water partition coefficient (Wildman–Crippen LogP) is 4.31. The number of carbonyl (C=O) groups excluding carboxylic acids is 1. The molecule has 29 heavy (non-hydrogen) atoms. The average Bonchev–Trinajstić information content (AvgIpc) is 2.76. The number of aryl methyl sites for hydroxylation is 2. The Labute approximate surface area is 173 Å². The second kappa shape index (κ2) is 8.76. The van der Waals surface area contributed by atoms with Crippen molar-refractivity contribution in [1.82, 2.24) is 10.6 Å². The molecule has 0 atom stereocenters. The molecule has 0 aliphatic carbocycles. The Morgan fingerprint density at radius 2 is 1.59 bits per heavy atom. The molecule has 150 valence electrons. The third-order valence-corrected chi connectivity index (χ3v) is 5.81. The van der Waals surface area contributed by atoms with Crippen molar-refractivity contribution in [2.24, 2.45) is 0 Å². The Balaban J connectivity index is 1.50. The van der Waals surface area contributed by atoms with Gasteiger partial charge in [0.2, 0.25) is 0 Å². The van der Waals surface area contributed by atoms with E-state index in [0.717, 1.165) is 55.8 Å². The molecule has 4 heteroatoms. The van der Waals surface area contributed by atoms with Crippen LogP contribution in [-0.4, -0.2) is 32.1 Å². The Morgan fingerprint density at radius 1 is 0.862 bits per heavy atom. The average molecular weight is 388 g/mol. The maximum Gasteiger partial charge on any atom is 0.255 e. The molecule has 2 aliphatic heterocycles. The van der Waals surface area contributed by atoms with Crippen LogP contribution in [0.3, 0.4) is 0 Å². The van der Waals surface area contributed by atoms with E-state index in [0.29, 0.717) is 5.56 Å². The molecule has 0 unspecified atom stereocenters. The summed E-state index contributed by atoms with van der Waals surface area (Å²) < 4.78 is 0. The maximum absolute atomic E-state index is 12.8. The zero-order valence-corrected chi connectivity index (χ0v) is 17.3. The Kier molecular flexibility index (Phi) is 5.93. The molecule has 0 saturated heterocycles. The van der Waals surface area contributed by atoms with Crippen molar-refractivity contribution in [2.45, 2.75) is 26.7 Å². The van der Waals surface area contributed by atoms with E-state index in [4.69, 9.17) is 0 Å². The molecule has 1 amide bonds. The molecule has 0 saturated carbocycles. The largest absolute Gasteiger partial charge is 0.322 e. The number of hydrogen-bond acceptors (Lipinski definition) is 3. The molecule has 0 bridgehead atoms. The standard InChI is InChI=1S/C25H29N3O/c1-17-15-22(3-5-23(17)20-9-13-27-14-10-20)25(29)28-24-6-4-21(16-18(24)2)19-7-11-26-12-8-19/h3-7,9,15-16,26-27H,8,10-14H2,1-2H3,(H,28,29). The minimum atomic E-state index is -0.0594. The first-order valence-corrected chi connectivity index (χ1v) is 10.4. The monoisotopic (exact) mass is 387 g/mol. The molecule has 2 aliphatic rings.